The first-order valence-electron chi connectivity index (χ1n) is 8.93. The van der Waals surface area contributed by atoms with Crippen LogP contribution in [0.25, 0.3) is 5.65 Å². The van der Waals surface area contributed by atoms with Crippen molar-refractivity contribution in [3.63, 3.8) is 0 Å². The van der Waals surface area contributed by atoms with Crippen LogP contribution in [0.3, 0.4) is 0 Å². The van der Waals surface area contributed by atoms with Gasteiger partial charge in [-0.2, -0.15) is 4.98 Å². The van der Waals surface area contributed by atoms with Crippen LogP contribution in [-0.4, -0.2) is 42.9 Å². The van der Waals surface area contributed by atoms with Crippen LogP contribution in [0.2, 0.25) is 0 Å². The van der Waals surface area contributed by atoms with E-state index in [0.29, 0.717) is 24.8 Å². The standard InChI is InChI=1S/C18H22N6O2/c1-13-21-17(26-22-13)12-23-9-3-2-6-15(18(23)25)20-11-14-5-4-7-16-19-8-10-24(14)16/h4-5,7-8,10,15,20H,2-3,6,9,11-12H2,1H3. The van der Waals surface area contributed by atoms with E-state index in [-0.39, 0.29) is 11.9 Å². The van der Waals surface area contributed by atoms with E-state index >= 15 is 0 Å². The molecule has 1 fully saturated rings. The van der Waals surface area contributed by atoms with Crippen molar-refractivity contribution >= 4 is 11.6 Å². The van der Waals surface area contributed by atoms with E-state index in [0.717, 1.165) is 37.1 Å². The molecule has 3 aromatic rings. The molecule has 1 aliphatic rings. The van der Waals surface area contributed by atoms with Gasteiger partial charge in [-0.3, -0.25) is 4.79 Å². The Balaban J connectivity index is 1.45. The maximum absolute atomic E-state index is 12.9. The van der Waals surface area contributed by atoms with Crippen molar-refractivity contribution in [2.24, 2.45) is 0 Å². The van der Waals surface area contributed by atoms with E-state index in [4.69, 9.17) is 4.52 Å². The van der Waals surface area contributed by atoms with E-state index in [1.807, 2.05) is 33.7 Å². The van der Waals surface area contributed by atoms with Gasteiger partial charge in [-0.05, 0) is 38.3 Å². The third kappa shape index (κ3) is 3.45. The predicted octanol–water partition coefficient (Wildman–Crippen LogP) is 1.70. The molecule has 1 N–H and O–H groups in total. The van der Waals surface area contributed by atoms with E-state index < -0.39 is 0 Å². The fourth-order valence-corrected chi connectivity index (χ4v) is 3.40. The van der Waals surface area contributed by atoms with Gasteiger partial charge in [-0.15, -0.1) is 0 Å². The number of fused-ring (bicyclic) bond motifs is 1. The van der Waals surface area contributed by atoms with Crippen molar-refractivity contribution < 1.29 is 9.32 Å². The molecule has 4 rings (SSSR count). The second-order valence-electron chi connectivity index (χ2n) is 6.60. The lowest BCUT2D eigenvalue weighted by molar-refractivity contribution is -0.133. The first-order chi connectivity index (χ1) is 12.7. The van der Waals surface area contributed by atoms with Crippen LogP contribution >= 0.6 is 0 Å². The number of aryl methyl sites for hydroxylation is 1. The molecule has 3 aromatic heterocycles. The first kappa shape index (κ1) is 16.7. The number of likely N-dealkylation sites (tertiary alicyclic amines) is 1. The van der Waals surface area contributed by atoms with Gasteiger partial charge in [0, 0.05) is 31.2 Å². The van der Waals surface area contributed by atoms with E-state index in [9.17, 15) is 4.79 Å². The minimum atomic E-state index is -0.208. The maximum Gasteiger partial charge on any atom is 0.246 e. The van der Waals surface area contributed by atoms with E-state index in [2.05, 4.69) is 20.4 Å². The molecule has 0 saturated carbocycles. The zero-order valence-electron chi connectivity index (χ0n) is 14.8. The highest BCUT2D eigenvalue weighted by Gasteiger charge is 2.27. The van der Waals surface area contributed by atoms with E-state index in [1.54, 1.807) is 13.1 Å². The quantitative estimate of drug-likeness (QED) is 0.750. The van der Waals surface area contributed by atoms with E-state index in [1.165, 1.54) is 0 Å². The Morgan fingerprint density at radius 1 is 1.35 bits per heavy atom. The maximum atomic E-state index is 12.9. The molecule has 0 spiro atoms. The number of rotatable bonds is 5. The summed E-state index contributed by atoms with van der Waals surface area (Å²) >= 11 is 0. The van der Waals surface area contributed by atoms with Gasteiger partial charge in [0.15, 0.2) is 5.82 Å². The lowest BCUT2D eigenvalue weighted by Crippen LogP contribution is -2.44. The van der Waals surface area contributed by atoms with Gasteiger partial charge in [-0.25, -0.2) is 4.98 Å². The summed E-state index contributed by atoms with van der Waals surface area (Å²) in [5, 5.41) is 7.23. The van der Waals surface area contributed by atoms with Crippen LogP contribution in [0.4, 0.5) is 0 Å². The van der Waals surface area contributed by atoms with Crippen molar-refractivity contribution in [2.75, 3.05) is 6.54 Å². The minimum Gasteiger partial charge on any atom is -0.337 e. The number of carbonyl (C=O) groups is 1. The van der Waals surface area contributed by atoms with Crippen LogP contribution in [-0.2, 0) is 17.9 Å². The number of nitrogens with one attached hydrogen (secondary N) is 1. The number of hydrogen-bond acceptors (Lipinski definition) is 6. The largest absolute Gasteiger partial charge is 0.337 e. The summed E-state index contributed by atoms with van der Waals surface area (Å²) in [7, 11) is 0. The number of hydrogen-bond donors (Lipinski definition) is 1. The van der Waals surface area contributed by atoms with Crippen molar-refractivity contribution in [1.82, 2.24) is 29.7 Å². The lowest BCUT2D eigenvalue weighted by Gasteiger charge is -2.23. The Morgan fingerprint density at radius 2 is 2.27 bits per heavy atom. The van der Waals surface area contributed by atoms with Gasteiger partial charge in [0.05, 0.1) is 6.04 Å². The number of aromatic nitrogens is 4. The number of nitrogens with zero attached hydrogens (tertiary/aromatic N) is 5. The van der Waals surface area contributed by atoms with Crippen LogP contribution in [0, 0.1) is 6.92 Å². The molecule has 1 saturated heterocycles. The predicted molar refractivity (Wildman–Crippen MR) is 94.1 cm³/mol. The van der Waals surface area contributed by atoms with Crippen molar-refractivity contribution in [3.8, 4) is 0 Å². The Labute approximate surface area is 151 Å². The molecule has 136 valence electrons. The topological polar surface area (TPSA) is 88.6 Å². The minimum absolute atomic E-state index is 0.0937. The number of pyridine rings is 1. The van der Waals surface area contributed by atoms with Gasteiger partial charge in [0.25, 0.3) is 0 Å². The fourth-order valence-electron chi connectivity index (χ4n) is 3.40. The summed E-state index contributed by atoms with van der Waals surface area (Å²) in [6.07, 6.45) is 6.54. The summed E-state index contributed by atoms with van der Waals surface area (Å²) in [5.74, 6) is 1.17. The number of carbonyl (C=O) groups excluding carboxylic acids is 1. The third-order valence-electron chi connectivity index (χ3n) is 4.72. The molecule has 0 bridgehead atoms. The molecule has 1 atom stereocenters. The fraction of sp³-hybridized carbons (Fsp3) is 0.444. The molecule has 4 heterocycles. The third-order valence-corrected chi connectivity index (χ3v) is 4.72. The molecular formula is C18H22N6O2. The van der Waals surface area contributed by atoms with Gasteiger partial charge in [-0.1, -0.05) is 11.2 Å². The number of imidazole rings is 1. The van der Waals surface area contributed by atoms with Crippen molar-refractivity contribution in [1.29, 1.82) is 0 Å². The second-order valence-corrected chi connectivity index (χ2v) is 6.60. The Hall–Kier alpha value is -2.74. The summed E-state index contributed by atoms with van der Waals surface area (Å²) in [6, 6.07) is 5.79. The Bertz CT molecular complexity index is 902. The molecule has 8 heteroatoms. The highest BCUT2D eigenvalue weighted by molar-refractivity contribution is 5.82. The van der Waals surface area contributed by atoms with Crippen LogP contribution in [0.5, 0.6) is 0 Å². The Kier molecular flexibility index (Phi) is 4.66. The monoisotopic (exact) mass is 354 g/mol. The van der Waals surface area contributed by atoms with Gasteiger partial charge in [0.2, 0.25) is 11.8 Å². The molecule has 1 amide bonds. The van der Waals surface area contributed by atoms with Crippen LogP contribution in [0.15, 0.2) is 35.1 Å². The molecule has 8 nitrogen and oxygen atoms in total. The molecular weight excluding hydrogens is 332 g/mol. The SMILES string of the molecule is Cc1noc(CN2CCCCC(NCc3cccc4nccn34)C2=O)n1. The normalized spacial score (nSPS) is 18.4. The van der Waals surface area contributed by atoms with Crippen molar-refractivity contribution in [3.05, 3.63) is 48.0 Å². The molecule has 26 heavy (non-hydrogen) atoms. The highest BCUT2D eigenvalue weighted by atomic mass is 16.5. The first-order valence-corrected chi connectivity index (χ1v) is 8.93. The lowest BCUT2D eigenvalue weighted by atomic mass is 10.1. The second kappa shape index (κ2) is 7.25. The van der Waals surface area contributed by atoms with Gasteiger partial charge < -0.3 is 19.1 Å². The molecule has 1 unspecified atom stereocenters. The summed E-state index contributed by atoms with van der Waals surface area (Å²) in [5.41, 5.74) is 1.99. The average molecular weight is 354 g/mol. The van der Waals surface area contributed by atoms with Gasteiger partial charge >= 0.3 is 0 Å². The highest BCUT2D eigenvalue weighted by Crippen LogP contribution is 2.16. The summed E-state index contributed by atoms with van der Waals surface area (Å²) in [6.45, 7) is 3.47. The Morgan fingerprint density at radius 3 is 3.12 bits per heavy atom. The molecule has 1 aliphatic heterocycles. The summed E-state index contributed by atoms with van der Waals surface area (Å²) < 4.78 is 7.21. The summed E-state index contributed by atoms with van der Waals surface area (Å²) in [4.78, 5) is 23.3. The number of amides is 1. The zero-order chi connectivity index (χ0) is 17.9. The molecule has 0 radical (unpaired) electrons. The molecule has 0 aromatic carbocycles. The van der Waals surface area contributed by atoms with Crippen molar-refractivity contribution in [2.45, 2.75) is 45.3 Å². The van der Waals surface area contributed by atoms with Crippen LogP contribution < -0.4 is 5.32 Å². The zero-order valence-corrected chi connectivity index (χ0v) is 14.8. The smallest absolute Gasteiger partial charge is 0.246 e. The van der Waals surface area contributed by atoms with Crippen LogP contribution in [0.1, 0.15) is 36.7 Å². The average Bonchev–Trinajstić information content (AvgIpc) is 3.24. The van der Waals surface area contributed by atoms with Gasteiger partial charge in [0.1, 0.15) is 12.2 Å². The molecule has 0 aliphatic carbocycles.